The molecule has 1 N–H and O–H groups in total. The van der Waals surface area contributed by atoms with Crippen molar-refractivity contribution in [2.45, 2.75) is 56.8 Å². The first-order chi connectivity index (χ1) is 19.3. The maximum atomic E-state index is 13.0. The molecule has 0 aliphatic carbocycles. The van der Waals surface area contributed by atoms with Gasteiger partial charge in [-0.25, -0.2) is 8.42 Å². The van der Waals surface area contributed by atoms with Crippen LogP contribution in [0.4, 0.5) is 0 Å². The molecule has 3 aromatic rings. The Morgan fingerprint density at radius 3 is 2.38 bits per heavy atom. The number of nitrogens with one attached hydrogen (secondary N) is 1. The van der Waals surface area contributed by atoms with E-state index >= 15 is 0 Å². The number of sulfone groups is 1. The van der Waals surface area contributed by atoms with Gasteiger partial charge >= 0.3 is 0 Å². The lowest BCUT2D eigenvalue weighted by molar-refractivity contribution is 0.0953. The second-order valence-corrected chi connectivity index (χ2v) is 12.6. The highest BCUT2D eigenvalue weighted by Crippen LogP contribution is 2.35. The van der Waals surface area contributed by atoms with Crippen LogP contribution >= 0.6 is 0 Å². The third-order valence-electron chi connectivity index (χ3n) is 7.77. The van der Waals surface area contributed by atoms with Crippen LogP contribution in [0.3, 0.4) is 0 Å². The average molecular weight is 563 g/mol. The molecule has 3 aromatic carbocycles. The maximum absolute atomic E-state index is 13.0. The minimum atomic E-state index is -3.26. The predicted molar refractivity (Wildman–Crippen MR) is 162 cm³/mol. The summed E-state index contributed by atoms with van der Waals surface area (Å²) in [5, 5.41) is 3.07. The number of amides is 1. The molecule has 1 fully saturated rings. The van der Waals surface area contributed by atoms with E-state index in [0.717, 1.165) is 68.6 Å². The van der Waals surface area contributed by atoms with Crippen molar-refractivity contribution in [1.82, 2.24) is 10.2 Å². The molecular weight excluding hydrogens is 520 g/mol. The smallest absolute Gasteiger partial charge is 0.251 e. The van der Waals surface area contributed by atoms with E-state index in [0.29, 0.717) is 24.6 Å². The average Bonchev–Trinajstić information content (AvgIpc) is 2.97. The summed E-state index contributed by atoms with van der Waals surface area (Å²) in [6, 6.07) is 20.8. The van der Waals surface area contributed by atoms with Gasteiger partial charge in [0.05, 0.1) is 11.5 Å². The topological polar surface area (TPSA) is 75.7 Å². The predicted octanol–water partition coefficient (Wildman–Crippen LogP) is 6.11. The zero-order valence-electron chi connectivity index (χ0n) is 24.0. The Morgan fingerprint density at radius 1 is 0.975 bits per heavy atom. The quantitative estimate of drug-likeness (QED) is 0.270. The molecule has 1 aliphatic rings. The molecule has 214 valence electrons. The number of carbonyl (C=O) groups is 1. The summed E-state index contributed by atoms with van der Waals surface area (Å²) >= 11 is 0. The number of rotatable bonds is 12. The van der Waals surface area contributed by atoms with E-state index in [1.165, 1.54) is 17.4 Å². The molecule has 1 aliphatic heterocycles. The van der Waals surface area contributed by atoms with Crippen molar-refractivity contribution < 1.29 is 17.9 Å². The molecule has 1 saturated heterocycles. The number of nitrogens with zero attached hydrogens (tertiary/aromatic N) is 1. The number of piperidine rings is 1. The lowest BCUT2D eigenvalue weighted by Crippen LogP contribution is -2.34. The highest BCUT2D eigenvalue weighted by Gasteiger charge is 2.23. The van der Waals surface area contributed by atoms with E-state index in [1.807, 2.05) is 31.2 Å². The molecule has 1 heterocycles. The fourth-order valence-electron chi connectivity index (χ4n) is 5.46. The first-order valence-corrected chi connectivity index (χ1v) is 16.3. The van der Waals surface area contributed by atoms with Crippen LogP contribution in [-0.4, -0.2) is 58.3 Å². The summed E-state index contributed by atoms with van der Waals surface area (Å²) in [4.78, 5) is 15.8. The number of likely N-dealkylation sites (tertiary alicyclic amines) is 1. The van der Waals surface area contributed by atoms with Crippen molar-refractivity contribution in [3.05, 3.63) is 83.4 Å². The van der Waals surface area contributed by atoms with E-state index < -0.39 is 9.84 Å². The molecule has 0 saturated carbocycles. The summed E-state index contributed by atoms with van der Waals surface area (Å²) in [7, 11) is -3.26. The molecule has 0 aromatic heterocycles. The molecule has 40 heavy (non-hydrogen) atoms. The number of unbranched alkanes of at least 4 members (excludes halogenated alkanes) is 1. The van der Waals surface area contributed by atoms with E-state index in [1.54, 1.807) is 24.3 Å². The van der Waals surface area contributed by atoms with Crippen LogP contribution in [0.2, 0.25) is 0 Å². The van der Waals surface area contributed by atoms with Gasteiger partial charge in [-0.1, -0.05) is 49.4 Å². The first-order valence-electron chi connectivity index (χ1n) is 14.5. The van der Waals surface area contributed by atoms with Gasteiger partial charge in [-0.05, 0) is 111 Å². The molecule has 0 unspecified atom stereocenters. The Morgan fingerprint density at radius 2 is 1.70 bits per heavy atom. The van der Waals surface area contributed by atoms with Gasteiger partial charge in [-0.2, -0.15) is 0 Å². The molecule has 0 bridgehead atoms. The normalized spacial score (nSPS) is 14.7. The van der Waals surface area contributed by atoms with Gasteiger partial charge in [0, 0.05) is 18.4 Å². The summed E-state index contributed by atoms with van der Waals surface area (Å²) in [6.07, 6.45) is 6.45. The Kier molecular flexibility index (Phi) is 10.4. The summed E-state index contributed by atoms with van der Waals surface area (Å²) in [5.41, 5.74) is 4.88. The SMILES string of the molecule is CCOc1cc(CC)ccc1C1CCN(CCCCNC(=O)c2ccccc2-c2ccc(S(C)(=O)=O)cc2)CC1. The third-order valence-corrected chi connectivity index (χ3v) is 8.89. The summed E-state index contributed by atoms with van der Waals surface area (Å²) in [6.45, 7) is 8.76. The van der Waals surface area contributed by atoms with E-state index in [-0.39, 0.29) is 10.8 Å². The molecular formula is C33H42N2O4S. The first kappa shape index (κ1) is 29.8. The number of aryl methyl sites for hydroxylation is 1. The third kappa shape index (κ3) is 7.73. The molecule has 0 atom stereocenters. The van der Waals surface area contributed by atoms with Gasteiger partial charge in [-0.15, -0.1) is 0 Å². The minimum absolute atomic E-state index is 0.109. The summed E-state index contributed by atoms with van der Waals surface area (Å²) in [5.74, 6) is 1.50. The van der Waals surface area contributed by atoms with Crippen LogP contribution in [0.5, 0.6) is 5.75 Å². The van der Waals surface area contributed by atoms with Gasteiger partial charge in [0.25, 0.3) is 5.91 Å². The lowest BCUT2D eigenvalue weighted by Gasteiger charge is -2.33. The highest BCUT2D eigenvalue weighted by atomic mass is 32.2. The Hall–Kier alpha value is -3.16. The standard InChI is InChI=1S/C33H42N2O4S/c1-4-25-12-17-30(32(24-25)39-5-2)27-18-22-35(23-19-27)21-9-8-20-34-33(36)31-11-7-6-10-29(31)26-13-15-28(16-14-26)40(3,37)38/h6-7,10-17,24,27H,4-5,8-9,18-23H2,1-3H3,(H,34,36). The van der Waals surface area contributed by atoms with Crippen LogP contribution in [0, 0.1) is 0 Å². The van der Waals surface area contributed by atoms with E-state index in [2.05, 4.69) is 35.3 Å². The van der Waals surface area contributed by atoms with Gasteiger partial charge in [-0.3, -0.25) is 4.79 Å². The Balaban J connectivity index is 1.23. The van der Waals surface area contributed by atoms with Gasteiger partial charge in [0.2, 0.25) is 0 Å². The van der Waals surface area contributed by atoms with Gasteiger partial charge in [0.1, 0.15) is 5.75 Å². The molecule has 7 heteroatoms. The molecule has 1 amide bonds. The second kappa shape index (κ2) is 14.0. The molecule has 0 radical (unpaired) electrons. The van der Waals surface area contributed by atoms with Crippen LogP contribution < -0.4 is 10.1 Å². The maximum Gasteiger partial charge on any atom is 0.251 e. The van der Waals surface area contributed by atoms with Crippen molar-refractivity contribution >= 4 is 15.7 Å². The highest BCUT2D eigenvalue weighted by molar-refractivity contribution is 7.90. The number of benzene rings is 3. The fraction of sp³-hybridized carbons (Fsp3) is 0.424. The Bertz CT molecular complexity index is 1380. The lowest BCUT2D eigenvalue weighted by atomic mass is 9.88. The van der Waals surface area contributed by atoms with Crippen LogP contribution in [0.25, 0.3) is 11.1 Å². The summed E-state index contributed by atoms with van der Waals surface area (Å²) < 4.78 is 29.5. The van der Waals surface area contributed by atoms with Crippen LogP contribution in [0.1, 0.15) is 66.9 Å². The van der Waals surface area contributed by atoms with Crippen LogP contribution in [-0.2, 0) is 16.3 Å². The van der Waals surface area contributed by atoms with Crippen molar-refractivity contribution in [3.8, 4) is 16.9 Å². The zero-order valence-corrected chi connectivity index (χ0v) is 24.8. The van der Waals surface area contributed by atoms with Gasteiger partial charge in [0.15, 0.2) is 9.84 Å². The van der Waals surface area contributed by atoms with Crippen molar-refractivity contribution in [3.63, 3.8) is 0 Å². The molecule has 4 rings (SSSR count). The van der Waals surface area contributed by atoms with E-state index in [4.69, 9.17) is 4.74 Å². The number of hydrogen-bond acceptors (Lipinski definition) is 5. The van der Waals surface area contributed by atoms with Crippen molar-refractivity contribution in [1.29, 1.82) is 0 Å². The van der Waals surface area contributed by atoms with E-state index in [9.17, 15) is 13.2 Å². The fourth-order valence-corrected chi connectivity index (χ4v) is 6.09. The number of hydrogen-bond donors (Lipinski definition) is 1. The minimum Gasteiger partial charge on any atom is -0.494 e. The largest absolute Gasteiger partial charge is 0.494 e. The van der Waals surface area contributed by atoms with Crippen molar-refractivity contribution in [2.24, 2.45) is 0 Å². The second-order valence-electron chi connectivity index (χ2n) is 10.6. The number of ether oxygens (including phenoxy) is 1. The van der Waals surface area contributed by atoms with Crippen molar-refractivity contribution in [2.75, 3.05) is 39.0 Å². The molecule has 0 spiro atoms. The molecule has 6 nitrogen and oxygen atoms in total. The zero-order chi connectivity index (χ0) is 28.5. The number of carbonyl (C=O) groups excluding carboxylic acids is 1. The Labute approximate surface area is 239 Å². The monoisotopic (exact) mass is 562 g/mol. The van der Waals surface area contributed by atoms with Crippen LogP contribution in [0.15, 0.2) is 71.6 Å². The van der Waals surface area contributed by atoms with Gasteiger partial charge < -0.3 is 15.0 Å².